The Hall–Kier alpha value is -1.22. The molecule has 2 rings (SSSR count). The van der Waals surface area contributed by atoms with E-state index in [1.54, 1.807) is 14.2 Å². The van der Waals surface area contributed by atoms with Crippen LogP contribution in [0.4, 0.5) is 0 Å². The van der Waals surface area contributed by atoms with Crippen LogP contribution >= 0.6 is 0 Å². The number of hydrogen-bond donors (Lipinski definition) is 1. The third-order valence-corrected chi connectivity index (χ3v) is 4.71. The van der Waals surface area contributed by atoms with E-state index in [4.69, 9.17) is 9.47 Å². The van der Waals surface area contributed by atoms with Crippen LogP contribution in [0.15, 0.2) is 18.2 Å². The molecule has 1 fully saturated rings. The summed E-state index contributed by atoms with van der Waals surface area (Å²) in [7, 11) is 5.43. The number of methoxy groups -OCH3 is 2. The maximum Gasteiger partial charge on any atom is 0.161 e. The van der Waals surface area contributed by atoms with Gasteiger partial charge in [0.15, 0.2) is 11.5 Å². The van der Waals surface area contributed by atoms with Gasteiger partial charge in [0.05, 0.1) is 14.2 Å². The first-order valence-electron chi connectivity index (χ1n) is 7.62. The predicted molar refractivity (Wildman–Crippen MR) is 82.5 cm³/mol. The lowest BCUT2D eigenvalue weighted by molar-refractivity contribution is 0.348. The maximum atomic E-state index is 5.42. The third kappa shape index (κ3) is 3.09. The van der Waals surface area contributed by atoms with Gasteiger partial charge in [0, 0.05) is 6.04 Å². The molecule has 0 aliphatic heterocycles. The van der Waals surface area contributed by atoms with E-state index in [1.807, 2.05) is 6.07 Å². The first kappa shape index (κ1) is 15.2. The van der Waals surface area contributed by atoms with E-state index >= 15 is 0 Å². The molecular formula is C17H27NO2. The third-order valence-electron chi connectivity index (χ3n) is 4.71. The zero-order chi connectivity index (χ0) is 14.5. The lowest BCUT2D eigenvalue weighted by Gasteiger charge is -2.24. The van der Waals surface area contributed by atoms with Gasteiger partial charge in [-0.05, 0) is 49.4 Å². The van der Waals surface area contributed by atoms with Crippen LogP contribution in [0.2, 0.25) is 0 Å². The van der Waals surface area contributed by atoms with Crippen LogP contribution in [0.3, 0.4) is 0 Å². The Labute approximate surface area is 122 Å². The molecule has 0 heterocycles. The van der Waals surface area contributed by atoms with Crippen molar-refractivity contribution in [2.24, 2.45) is 11.8 Å². The number of rotatable bonds is 6. The normalized spacial score (nSPS) is 23.6. The Balaban J connectivity index is 2.19. The van der Waals surface area contributed by atoms with E-state index in [2.05, 4.69) is 31.4 Å². The summed E-state index contributed by atoms with van der Waals surface area (Å²) in [4.78, 5) is 0. The van der Waals surface area contributed by atoms with Gasteiger partial charge >= 0.3 is 0 Å². The molecule has 1 aromatic rings. The lowest BCUT2D eigenvalue weighted by atomic mass is 9.90. The van der Waals surface area contributed by atoms with Gasteiger partial charge in [-0.25, -0.2) is 0 Å². The monoisotopic (exact) mass is 277 g/mol. The second kappa shape index (κ2) is 6.98. The lowest BCUT2D eigenvalue weighted by Crippen LogP contribution is -2.24. The van der Waals surface area contributed by atoms with Crippen LogP contribution in [0.25, 0.3) is 0 Å². The van der Waals surface area contributed by atoms with Gasteiger partial charge in [-0.3, -0.25) is 0 Å². The summed E-state index contributed by atoms with van der Waals surface area (Å²) in [6.45, 7) is 2.30. The molecule has 0 aromatic heterocycles. The molecule has 3 unspecified atom stereocenters. The van der Waals surface area contributed by atoms with Gasteiger partial charge < -0.3 is 14.8 Å². The Kier molecular flexibility index (Phi) is 5.30. The quantitative estimate of drug-likeness (QED) is 0.858. The van der Waals surface area contributed by atoms with Crippen molar-refractivity contribution in [1.82, 2.24) is 5.32 Å². The molecule has 1 aromatic carbocycles. The molecule has 0 spiro atoms. The highest BCUT2D eigenvalue weighted by atomic mass is 16.5. The zero-order valence-corrected chi connectivity index (χ0v) is 13.1. The maximum absolute atomic E-state index is 5.42. The molecule has 3 atom stereocenters. The average Bonchev–Trinajstić information content (AvgIpc) is 2.96. The highest BCUT2D eigenvalue weighted by Crippen LogP contribution is 2.41. The van der Waals surface area contributed by atoms with Crippen molar-refractivity contribution in [1.29, 1.82) is 0 Å². The summed E-state index contributed by atoms with van der Waals surface area (Å²) in [5.74, 6) is 3.23. The van der Waals surface area contributed by atoms with Crippen LogP contribution in [0.5, 0.6) is 11.5 Å². The molecule has 112 valence electrons. The van der Waals surface area contributed by atoms with Crippen molar-refractivity contribution in [2.45, 2.75) is 38.6 Å². The van der Waals surface area contributed by atoms with Crippen molar-refractivity contribution >= 4 is 0 Å². The van der Waals surface area contributed by atoms with Crippen molar-refractivity contribution in [3.63, 3.8) is 0 Å². The van der Waals surface area contributed by atoms with E-state index in [-0.39, 0.29) is 0 Å². The molecule has 1 aliphatic rings. The van der Waals surface area contributed by atoms with Crippen LogP contribution in [0, 0.1) is 11.8 Å². The average molecular weight is 277 g/mol. The van der Waals surface area contributed by atoms with Crippen molar-refractivity contribution in [3.8, 4) is 11.5 Å². The second-order valence-electron chi connectivity index (χ2n) is 5.73. The topological polar surface area (TPSA) is 30.5 Å². The van der Waals surface area contributed by atoms with Crippen LogP contribution < -0.4 is 14.8 Å². The van der Waals surface area contributed by atoms with E-state index in [0.29, 0.717) is 6.04 Å². The van der Waals surface area contributed by atoms with Gasteiger partial charge in [-0.2, -0.15) is 0 Å². The second-order valence-corrected chi connectivity index (χ2v) is 5.73. The summed E-state index contributed by atoms with van der Waals surface area (Å²) >= 11 is 0. The molecular weight excluding hydrogens is 250 g/mol. The van der Waals surface area contributed by atoms with Crippen molar-refractivity contribution < 1.29 is 9.47 Å². The van der Waals surface area contributed by atoms with Gasteiger partial charge in [0.25, 0.3) is 0 Å². The fourth-order valence-electron chi connectivity index (χ4n) is 3.51. The highest BCUT2D eigenvalue weighted by Gasteiger charge is 2.30. The first-order valence-corrected chi connectivity index (χ1v) is 7.62. The number of hydrogen-bond acceptors (Lipinski definition) is 3. The summed E-state index contributed by atoms with van der Waals surface area (Å²) in [5.41, 5.74) is 1.30. The number of nitrogens with one attached hydrogen (secondary N) is 1. The molecule has 3 heteroatoms. The summed E-state index contributed by atoms with van der Waals surface area (Å²) in [6, 6.07) is 6.68. The molecule has 1 aliphatic carbocycles. The largest absolute Gasteiger partial charge is 0.493 e. The van der Waals surface area contributed by atoms with Crippen LogP contribution in [-0.4, -0.2) is 21.3 Å². The molecule has 1 saturated carbocycles. The summed E-state index contributed by atoms with van der Waals surface area (Å²) in [6.07, 6.45) is 5.32. The number of ether oxygens (including phenoxy) is 2. The molecule has 0 bridgehead atoms. The summed E-state index contributed by atoms with van der Waals surface area (Å²) in [5, 5.41) is 3.50. The van der Waals surface area contributed by atoms with Crippen LogP contribution in [0.1, 0.15) is 44.2 Å². The fourth-order valence-corrected chi connectivity index (χ4v) is 3.51. The Bertz CT molecular complexity index is 433. The minimum Gasteiger partial charge on any atom is -0.493 e. The molecule has 0 radical (unpaired) electrons. The smallest absolute Gasteiger partial charge is 0.161 e. The minimum atomic E-state index is 0.409. The van der Waals surface area contributed by atoms with Gasteiger partial charge in [0.2, 0.25) is 0 Å². The Morgan fingerprint density at radius 2 is 1.95 bits per heavy atom. The molecule has 1 N–H and O–H groups in total. The van der Waals surface area contributed by atoms with Gasteiger partial charge in [-0.15, -0.1) is 0 Å². The Morgan fingerprint density at radius 3 is 2.50 bits per heavy atom. The van der Waals surface area contributed by atoms with E-state index in [1.165, 1.54) is 31.2 Å². The van der Waals surface area contributed by atoms with E-state index < -0.39 is 0 Å². The van der Waals surface area contributed by atoms with Crippen molar-refractivity contribution in [2.75, 3.05) is 21.3 Å². The SMILES string of the molecule is CCC1CCC(C(NC)c2ccc(OC)c(OC)c2)C1. The van der Waals surface area contributed by atoms with Crippen LogP contribution in [-0.2, 0) is 0 Å². The molecule has 0 amide bonds. The minimum absolute atomic E-state index is 0.409. The summed E-state index contributed by atoms with van der Waals surface area (Å²) < 4.78 is 10.7. The first-order chi connectivity index (χ1) is 9.73. The van der Waals surface area contributed by atoms with Crippen molar-refractivity contribution in [3.05, 3.63) is 23.8 Å². The number of benzene rings is 1. The predicted octanol–water partition coefficient (Wildman–Crippen LogP) is 3.79. The van der Waals surface area contributed by atoms with Gasteiger partial charge in [-0.1, -0.05) is 25.8 Å². The molecule has 20 heavy (non-hydrogen) atoms. The molecule has 3 nitrogen and oxygen atoms in total. The van der Waals surface area contributed by atoms with E-state index in [9.17, 15) is 0 Å². The zero-order valence-electron chi connectivity index (χ0n) is 13.1. The van der Waals surface area contributed by atoms with Gasteiger partial charge in [0.1, 0.15) is 0 Å². The standard InChI is InChI=1S/C17H27NO2/c1-5-12-6-7-13(10-12)17(18-2)14-8-9-15(19-3)16(11-14)20-4/h8-9,11-13,17-18H,5-7,10H2,1-4H3. The highest BCUT2D eigenvalue weighted by molar-refractivity contribution is 5.44. The Morgan fingerprint density at radius 1 is 1.20 bits per heavy atom. The molecule has 0 saturated heterocycles. The fraction of sp³-hybridized carbons (Fsp3) is 0.647. The van der Waals surface area contributed by atoms with E-state index in [0.717, 1.165) is 23.3 Å².